The Labute approximate surface area is 92.4 Å². The van der Waals surface area contributed by atoms with Gasteiger partial charge in [0.1, 0.15) is 5.78 Å². The average Bonchev–Trinajstić information content (AvgIpc) is 2.70. The normalized spacial score (nSPS) is 40.7. The van der Waals surface area contributed by atoms with Crippen molar-refractivity contribution < 1.29 is 9.53 Å². The summed E-state index contributed by atoms with van der Waals surface area (Å²) in [6.45, 7) is 8.39. The summed E-state index contributed by atoms with van der Waals surface area (Å²) in [7, 11) is 0. The fraction of sp³-hybridized carbons (Fsp3) is 0.923. The first-order valence-corrected chi connectivity index (χ1v) is 6.12. The van der Waals surface area contributed by atoms with Crippen LogP contribution < -0.4 is 0 Å². The Morgan fingerprint density at radius 1 is 1.47 bits per heavy atom. The molecule has 0 bridgehead atoms. The lowest BCUT2D eigenvalue weighted by atomic mass is 9.96. The van der Waals surface area contributed by atoms with Crippen LogP contribution in [0.25, 0.3) is 0 Å². The van der Waals surface area contributed by atoms with Gasteiger partial charge >= 0.3 is 0 Å². The molecular formula is C13H22O2. The average molecular weight is 210 g/mol. The van der Waals surface area contributed by atoms with Crippen molar-refractivity contribution in [2.45, 2.75) is 59.2 Å². The Hall–Kier alpha value is -0.370. The molecule has 2 nitrogen and oxygen atoms in total. The molecule has 2 aliphatic carbocycles. The zero-order chi connectivity index (χ0) is 11.2. The Balaban J connectivity index is 1.85. The van der Waals surface area contributed by atoms with Gasteiger partial charge in [-0.15, -0.1) is 0 Å². The van der Waals surface area contributed by atoms with E-state index in [1.165, 1.54) is 0 Å². The maximum absolute atomic E-state index is 11.7. The van der Waals surface area contributed by atoms with Crippen molar-refractivity contribution in [2.24, 2.45) is 17.3 Å². The van der Waals surface area contributed by atoms with Crippen LogP contribution in [0, 0.1) is 17.3 Å². The van der Waals surface area contributed by atoms with E-state index in [0.717, 1.165) is 19.3 Å². The summed E-state index contributed by atoms with van der Waals surface area (Å²) in [5, 5.41) is 0. The second-order valence-corrected chi connectivity index (χ2v) is 5.85. The third-order valence-corrected chi connectivity index (χ3v) is 4.09. The van der Waals surface area contributed by atoms with Crippen LogP contribution in [0.4, 0.5) is 0 Å². The summed E-state index contributed by atoms with van der Waals surface area (Å²) in [5.74, 6) is 1.76. The first kappa shape index (κ1) is 11.1. The van der Waals surface area contributed by atoms with Gasteiger partial charge in [0.05, 0.1) is 12.2 Å². The Morgan fingerprint density at radius 3 is 2.53 bits per heavy atom. The van der Waals surface area contributed by atoms with Gasteiger partial charge in [-0.25, -0.2) is 0 Å². The number of carbonyl (C=O) groups is 1. The molecule has 0 radical (unpaired) electrons. The van der Waals surface area contributed by atoms with Gasteiger partial charge in [-0.05, 0) is 45.4 Å². The minimum Gasteiger partial charge on any atom is -0.376 e. The highest BCUT2D eigenvalue weighted by atomic mass is 16.5. The van der Waals surface area contributed by atoms with Gasteiger partial charge in [0, 0.05) is 11.8 Å². The van der Waals surface area contributed by atoms with E-state index in [-0.39, 0.29) is 5.41 Å². The molecule has 2 saturated carbocycles. The summed E-state index contributed by atoms with van der Waals surface area (Å²) >= 11 is 0. The molecule has 0 aromatic rings. The summed E-state index contributed by atoms with van der Waals surface area (Å²) < 4.78 is 5.74. The molecule has 4 unspecified atom stereocenters. The van der Waals surface area contributed by atoms with Gasteiger partial charge in [0.15, 0.2) is 0 Å². The maximum atomic E-state index is 11.7. The molecule has 2 heteroatoms. The minimum absolute atomic E-state index is 0.0716. The first-order valence-electron chi connectivity index (χ1n) is 6.12. The summed E-state index contributed by atoms with van der Waals surface area (Å²) in [6.07, 6.45) is 3.58. The summed E-state index contributed by atoms with van der Waals surface area (Å²) in [4.78, 5) is 11.7. The van der Waals surface area contributed by atoms with Crippen LogP contribution in [-0.4, -0.2) is 18.0 Å². The van der Waals surface area contributed by atoms with Gasteiger partial charge in [-0.1, -0.05) is 6.92 Å². The number of carbonyl (C=O) groups excluding carboxylic acids is 1. The number of ketones is 1. The smallest absolute Gasteiger partial charge is 0.139 e. The van der Waals surface area contributed by atoms with Gasteiger partial charge < -0.3 is 4.74 Å². The molecule has 0 spiro atoms. The molecule has 0 saturated heterocycles. The van der Waals surface area contributed by atoms with E-state index in [1.54, 1.807) is 0 Å². The number of hydrogen-bond acceptors (Lipinski definition) is 2. The molecule has 15 heavy (non-hydrogen) atoms. The molecule has 86 valence electrons. The van der Waals surface area contributed by atoms with Crippen LogP contribution >= 0.6 is 0 Å². The lowest BCUT2D eigenvalue weighted by Gasteiger charge is -2.20. The van der Waals surface area contributed by atoms with E-state index in [1.807, 2.05) is 0 Å². The number of Topliss-reactive ketones (excluding diaryl/α,β-unsaturated/α-hetero) is 1. The van der Waals surface area contributed by atoms with Crippen LogP contribution in [0.5, 0.6) is 0 Å². The molecule has 2 fully saturated rings. The molecule has 0 N–H and O–H groups in total. The van der Waals surface area contributed by atoms with E-state index in [9.17, 15) is 4.79 Å². The minimum atomic E-state index is 0.0716. The van der Waals surface area contributed by atoms with Crippen LogP contribution in [0.15, 0.2) is 0 Å². The number of fused-ring (bicyclic) bond motifs is 1. The molecule has 0 heterocycles. The standard InChI is InChI=1S/C13H22O2/c1-8(2)15-9(3)5-10-6-12(14)13(4)7-11(10)13/h8-11H,5-7H2,1-4H3. The molecule has 4 atom stereocenters. The third kappa shape index (κ3) is 1.96. The fourth-order valence-corrected chi connectivity index (χ4v) is 3.21. The molecular weight excluding hydrogens is 188 g/mol. The van der Waals surface area contributed by atoms with Crippen molar-refractivity contribution in [3.8, 4) is 0 Å². The molecule has 2 rings (SSSR count). The molecule has 0 aromatic heterocycles. The maximum Gasteiger partial charge on any atom is 0.139 e. The highest BCUT2D eigenvalue weighted by molar-refractivity contribution is 5.90. The SMILES string of the molecule is CC(C)OC(C)CC1CC(=O)C2(C)CC12. The van der Waals surface area contributed by atoms with Crippen LogP contribution in [-0.2, 0) is 9.53 Å². The third-order valence-electron chi connectivity index (χ3n) is 4.09. The van der Waals surface area contributed by atoms with E-state index in [2.05, 4.69) is 27.7 Å². The highest BCUT2D eigenvalue weighted by Gasteiger charge is 2.63. The van der Waals surface area contributed by atoms with E-state index >= 15 is 0 Å². The van der Waals surface area contributed by atoms with Crippen molar-refractivity contribution in [1.82, 2.24) is 0 Å². The van der Waals surface area contributed by atoms with Crippen LogP contribution in [0.3, 0.4) is 0 Å². The lowest BCUT2D eigenvalue weighted by molar-refractivity contribution is -0.122. The second kappa shape index (κ2) is 3.58. The molecule has 0 aromatic carbocycles. The number of hydrogen-bond donors (Lipinski definition) is 0. The van der Waals surface area contributed by atoms with Crippen molar-refractivity contribution in [3.63, 3.8) is 0 Å². The quantitative estimate of drug-likeness (QED) is 0.713. The van der Waals surface area contributed by atoms with Crippen molar-refractivity contribution in [1.29, 1.82) is 0 Å². The van der Waals surface area contributed by atoms with E-state index < -0.39 is 0 Å². The van der Waals surface area contributed by atoms with Crippen LogP contribution in [0.2, 0.25) is 0 Å². The summed E-state index contributed by atoms with van der Waals surface area (Å²) in [5.41, 5.74) is 0.0716. The van der Waals surface area contributed by atoms with Gasteiger partial charge in [0.25, 0.3) is 0 Å². The van der Waals surface area contributed by atoms with E-state index in [4.69, 9.17) is 4.74 Å². The Morgan fingerprint density at radius 2 is 2.13 bits per heavy atom. The number of ether oxygens (including phenoxy) is 1. The van der Waals surface area contributed by atoms with Crippen molar-refractivity contribution in [3.05, 3.63) is 0 Å². The second-order valence-electron chi connectivity index (χ2n) is 5.85. The lowest BCUT2D eigenvalue weighted by Crippen LogP contribution is -2.18. The van der Waals surface area contributed by atoms with Gasteiger partial charge in [0.2, 0.25) is 0 Å². The monoisotopic (exact) mass is 210 g/mol. The Kier molecular flexibility index (Phi) is 2.66. The predicted molar refractivity (Wildman–Crippen MR) is 59.6 cm³/mol. The van der Waals surface area contributed by atoms with Crippen molar-refractivity contribution >= 4 is 5.78 Å². The Bertz CT molecular complexity index is 272. The van der Waals surface area contributed by atoms with Crippen molar-refractivity contribution in [2.75, 3.05) is 0 Å². The first-order chi connectivity index (χ1) is 6.93. The highest BCUT2D eigenvalue weighted by Crippen LogP contribution is 2.64. The number of rotatable bonds is 4. The zero-order valence-corrected chi connectivity index (χ0v) is 10.2. The van der Waals surface area contributed by atoms with Gasteiger partial charge in [-0.2, -0.15) is 0 Å². The van der Waals surface area contributed by atoms with E-state index in [0.29, 0.717) is 29.8 Å². The summed E-state index contributed by atoms with van der Waals surface area (Å²) in [6, 6.07) is 0. The van der Waals surface area contributed by atoms with Crippen LogP contribution in [0.1, 0.15) is 47.0 Å². The molecule has 0 amide bonds. The topological polar surface area (TPSA) is 26.3 Å². The zero-order valence-electron chi connectivity index (χ0n) is 10.2. The molecule has 0 aliphatic heterocycles. The molecule has 2 aliphatic rings. The largest absolute Gasteiger partial charge is 0.376 e. The predicted octanol–water partition coefficient (Wildman–Crippen LogP) is 2.81. The fourth-order valence-electron chi connectivity index (χ4n) is 3.21. The van der Waals surface area contributed by atoms with Gasteiger partial charge in [-0.3, -0.25) is 4.79 Å².